The summed E-state index contributed by atoms with van der Waals surface area (Å²) in [4.78, 5) is 22.5. The summed E-state index contributed by atoms with van der Waals surface area (Å²) < 4.78 is 10.9. The lowest BCUT2D eigenvalue weighted by atomic mass is 9.94. The summed E-state index contributed by atoms with van der Waals surface area (Å²) in [6, 6.07) is 0. The molecule has 4 nitrogen and oxygen atoms in total. The van der Waals surface area contributed by atoms with E-state index in [-0.39, 0.29) is 12.6 Å². The van der Waals surface area contributed by atoms with Gasteiger partial charge in [-0.3, -0.25) is 9.59 Å². The fraction of sp³-hybridized carbons (Fsp3) is 0.333. The molecule has 0 radical (unpaired) electrons. The van der Waals surface area contributed by atoms with Crippen LogP contribution >= 0.6 is 11.6 Å². The van der Waals surface area contributed by atoms with Gasteiger partial charge in [0.2, 0.25) is 0 Å². The Balaban J connectivity index is 2.68. The normalized spacial score (nSPS) is 13.2. The lowest BCUT2D eigenvalue weighted by Gasteiger charge is -2.23. The Bertz CT molecular complexity index is 644. The molecule has 0 amide bonds. The number of esters is 1. The van der Waals surface area contributed by atoms with Gasteiger partial charge in [0.05, 0.1) is 0 Å². The zero-order valence-corrected chi connectivity index (χ0v) is 12.6. The lowest BCUT2D eigenvalue weighted by molar-refractivity contribution is -0.132. The minimum Gasteiger partial charge on any atom is -0.488 e. The van der Waals surface area contributed by atoms with Gasteiger partial charge in [0.15, 0.2) is 0 Å². The van der Waals surface area contributed by atoms with Crippen molar-refractivity contribution in [3.8, 4) is 11.5 Å². The molecule has 0 N–H and O–H groups in total. The summed E-state index contributed by atoms with van der Waals surface area (Å²) in [5.74, 6) is 0.833. The number of benzene rings is 1. The van der Waals surface area contributed by atoms with Crippen LogP contribution in [0, 0.1) is 20.8 Å². The van der Waals surface area contributed by atoms with Crippen molar-refractivity contribution in [2.75, 3.05) is 6.61 Å². The van der Waals surface area contributed by atoms with Crippen molar-refractivity contribution in [2.45, 2.75) is 27.7 Å². The van der Waals surface area contributed by atoms with Crippen LogP contribution in [0.2, 0.25) is 0 Å². The summed E-state index contributed by atoms with van der Waals surface area (Å²) in [6.07, 6.45) is 1.70. The maximum atomic E-state index is 11.3. The SMILES string of the molecule is CC(=O)Oc1c(C)c(C)c2c(c1C)C=C(C(=O)Cl)CO2. The molecule has 1 aliphatic heterocycles. The van der Waals surface area contributed by atoms with Crippen LogP contribution in [0.4, 0.5) is 0 Å². The van der Waals surface area contributed by atoms with Crippen LogP contribution in [-0.2, 0) is 9.59 Å². The predicted octanol–water partition coefficient (Wildman–Crippen LogP) is 3.08. The van der Waals surface area contributed by atoms with Crippen molar-refractivity contribution < 1.29 is 19.1 Å². The Hall–Kier alpha value is -1.81. The third kappa shape index (κ3) is 2.43. The molecule has 5 heteroatoms. The van der Waals surface area contributed by atoms with Crippen LogP contribution in [0.3, 0.4) is 0 Å². The maximum absolute atomic E-state index is 11.3. The van der Waals surface area contributed by atoms with Crippen LogP contribution in [0.15, 0.2) is 5.57 Å². The molecule has 0 saturated carbocycles. The molecule has 0 fully saturated rings. The molecule has 0 aliphatic carbocycles. The molecule has 106 valence electrons. The third-order valence-corrected chi connectivity index (χ3v) is 3.66. The highest BCUT2D eigenvalue weighted by atomic mass is 35.5. The number of fused-ring (bicyclic) bond motifs is 1. The number of ether oxygens (including phenoxy) is 2. The molecule has 0 spiro atoms. The molecular weight excluding hydrogens is 280 g/mol. The van der Waals surface area contributed by atoms with E-state index in [0.29, 0.717) is 17.1 Å². The number of carbonyl (C=O) groups excluding carboxylic acids is 2. The van der Waals surface area contributed by atoms with Crippen molar-refractivity contribution in [1.29, 1.82) is 0 Å². The van der Waals surface area contributed by atoms with Crippen molar-refractivity contribution in [3.05, 3.63) is 27.8 Å². The molecule has 20 heavy (non-hydrogen) atoms. The minimum atomic E-state index is -0.540. The Morgan fingerprint density at radius 3 is 2.40 bits per heavy atom. The topological polar surface area (TPSA) is 52.6 Å². The number of carbonyl (C=O) groups is 2. The lowest BCUT2D eigenvalue weighted by Crippen LogP contribution is -2.15. The van der Waals surface area contributed by atoms with Crippen molar-refractivity contribution >= 4 is 28.9 Å². The highest BCUT2D eigenvalue weighted by Crippen LogP contribution is 2.41. The molecule has 0 atom stereocenters. The molecular formula is C15H15ClO4. The standard InChI is InChI=1S/C15H15ClO4/c1-7-8(2)14-12(5-11(6-19-14)15(16)18)9(3)13(7)20-10(4)17/h5H,6H2,1-4H3. The van der Waals surface area contributed by atoms with Crippen molar-refractivity contribution in [1.82, 2.24) is 0 Å². The summed E-state index contributed by atoms with van der Waals surface area (Å²) in [5.41, 5.74) is 3.62. The Morgan fingerprint density at radius 2 is 1.85 bits per heavy atom. The molecule has 1 aliphatic rings. The van der Waals surface area contributed by atoms with Gasteiger partial charge in [0.1, 0.15) is 18.1 Å². The summed E-state index contributed by atoms with van der Waals surface area (Å²) in [5, 5.41) is -0.540. The highest BCUT2D eigenvalue weighted by molar-refractivity contribution is 6.68. The van der Waals surface area contributed by atoms with Gasteiger partial charge in [-0.25, -0.2) is 0 Å². The molecule has 0 unspecified atom stereocenters. The van der Waals surface area contributed by atoms with E-state index in [9.17, 15) is 9.59 Å². The summed E-state index contributed by atoms with van der Waals surface area (Å²) >= 11 is 5.50. The van der Waals surface area contributed by atoms with Gasteiger partial charge in [-0.2, -0.15) is 0 Å². The number of hydrogen-bond donors (Lipinski definition) is 0. The molecule has 1 heterocycles. The van der Waals surface area contributed by atoms with E-state index in [1.807, 2.05) is 20.8 Å². The first-order valence-corrected chi connectivity index (χ1v) is 6.56. The molecule has 0 bridgehead atoms. The van der Waals surface area contributed by atoms with E-state index in [1.165, 1.54) is 6.92 Å². The first-order chi connectivity index (χ1) is 9.32. The molecule has 0 aromatic heterocycles. The zero-order valence-electron chi connectivity index (χ0n) is 11.8. The van der Waals surface area contributed by atoms with Crippen LogP contribution in [-0.4, -0.2) is 17.8 Å². The van der Waals surface area contributed by atoms with Crippen molar-refractivity contribution in [3.63, 3.8) is 0 Å². The third-order valence-electron chi connectivity index (χ3n) is 3.42. The smallest absolute Gasteiger partial charge is 0.308 e. The van der Waals surface area contributed by atoms with Gasteiger partial charge in [-0.15, -0.1) is 0 Å². The molecule has 1 aromatic carbocycles. The fourth-order valence-corrected chi connectivity index (χ4v) is 2.36. The number of rotatable bonds is 2. The second-order valence-electron chi connectivity index (χ2n) is 4.77. The quantitative estimate of drug-likeness (QED) is 0.478. The van der Waals surface area contributed by atoms with Crippen LogP contribution in [0.25, 0.3) is 6.08 Å². The molecule has 0 saturated heterocycles. The summed E-state index contributed by atoms with van der Waals surface area (Å²) in [6.45, 7) is 7.10. The predicted molar refractivity (Wildman–Crippen MR) is 76.3 cm³/mol. The van der Waals surface area contributed by atoms with Gasteiger partial charge >= 0.3 is 5.97 Å². The molecule has 2 rings (SSSR count). The average molecular weight is 295 g/mol. The largest absolute Gasteiger partial charge is 0.488 e. The van der Waals surface area contributed by atoms with E-state index < -0.39 is 5.24 Å². The second kappa shape index (κ2) is 5.29. The fourth-order valence-electron chi connectivity index (χ4n) is 2.25. The van der Waals surface area contributed by atoms with E-state index in [2.05, 4.69) is 0 Å². The molecule has 1 aromatic rings. The average Bonchev–Trinajstić information content (AvgIpc) is 2.40. The Kier molecular flexibility index (Phi) is 3.86. The number of hydrogen-bond acceptors (Lipinski definition) is 4. The summed E-state index contributed by atoms with van der Waals surface area (Å²) in [7, 11) is 0. The van der Waals surface area contributed by atoms with Crippen LogP contribution in [0.1, 0.15) is 29.2 Å². The van der Waals surface area contributed by atoms with Gasteiger partial charge < -0.3 is 9.47 Å². The van der Waals surface area contributed by atoms with Crippen LogP contribution < -0.4 is 9.47 Å². The minimum absolute atomic E-state index is 0.155. The first-order valence-electron chi connectivity index (χ1n) is 6.18. The Labute approximate surface area is 122 Å². The number of halogens is 1. The van der Waals surface area contributed by atoms with Crippen molar-refractivity contribution in [2.24, 2.45) is 0 Å². The van der Waals surface area contributed by atoms with E-state index in [1.54, 1.807) is 6.08 Å². The van der Waals surface area contributed by atoms with Gasteiger partial charge in [0, 0.05) is 23.6 Å². The van der Waals surface area contributed by atoms with E-state index >= 15 is 0 Å². The highest BCUT2D eigenvalue weighted by Gasteiger charge is 2.24. The first kappa shape index (κ1) is 14.6. The maximum Gasteiger partial charge on any atom is 0.308 e. The second-order valence-corrected chi connectivity index (χ2v) is 5.12. The zero-order chi connectivity index (χ0) is 15.0. The van der Waals surface area contributed by atoms with Crippen LogP contribution in [0.5, 0.6) is 11.5 Å². The van der Waals surface area contributed by atoms with Gasteiger partial charge in [0.25, 0.3) is 5.24 Å². The van der Waals surface area contributed by atoms with E-state index in [0.717, 1.165) is 22.3 Å². The monoisotopic (exact) mass is 294 g/mol. The van der Waals surface area contributed by atoms with Gasteiger partial charge in [-0.1, -0.05) is 0 Å². The van der Waals surface area contributed by atoms with Gasteiger partial charge in [-0.05, 0) is 49.6 Å². The Morgan fingerprint density at radius 1 is 1.20 bits per heavy atom. The van der Waals surface area contributed by atoms with E-state index in [4.69, 9.17) is 21.1 Å².